The summed E-state index contributed by atoms with van der Waals surface area (Å²) >= 11 is 0. The van der Waals surface area contributed by atoms with E-state index in [4.69, 9.17) is 9.47 Å². The van der Waals surface area contributed by atoms with Crippen LogP contribution < -0.4 is 19.7 Å². The van der Waals surface area contributed by atoms with Crippen molar-refractivity contribution in [3.8, 4) is 11.5 Å². The Balaban J connectivity index is 1.51. The number of nitrogens with zero attached hydrogens (tertiary/aromatic N) is 2. The topological polar surface area (TPSA) is 63.7 Å². The Morgan fingerprint density at radius 2 is 1.86 bits per heavy atom. The molecule has 0 aliphatic carbocycles. The molecule has 0 saturated carbocycles. The molecule has 1 aliphatic heterocycles. The number of carbonyl (C=O) groups is 1. The third-order valence-corrected chi connectivity index (χ3v) is 5.12. The van der Waals surface area contributed by atoms with Crippen LogP contribution in [0.3, 0.4) is 0 Å². The first-order valence-corrected chi connectivity index (χ1v) is 9.47. The average molecular weight is 389 g/mol. The third kappa shape index (κ3) is 3.61. The molecule has 3 aromatic rings. The first kappa shape index (κ1) is 18.8. The number of nitrogens with one attached hydrogen (secondary N) is 1. The Bertz CT molecular complexity index is 1030. The van der Waals surface area contributed by atoms with Gasteiger partial charge in [0.15, 0.2) is 11.5 Å². The van der Waals surface area contributed by atoms with Crippen LogP contribution >= 0.6 is 0 Å². The summed E-state index contributed by atoms with van der Waals surface area (Å²) in [6.45, 7) is 2.20. The average Bonchev–Trinajstić information content (AvgIpc) is 3.09. The van der Waals surface area contributed by atoms with Crippen molar-refractivity contribution in [3.63, 3.8) is 0 Å². The van der Waals surface area contributed by atoms with Crippen molar-refractivity contribution < 1.29 is 14.3 Å². The molecule has 1 atom stereocenters. The summed E-state index contributed by atoms with van der Waals surface area (Å²) in [5.74, 6) is 1.32. The maximum Gasteiger partial charge on any atom is 0.256 e. The predicted octanol–water partition coefficient (Wildman–Crippen LogP) is 4.43. The minimum absolute atomic E-state index is 0.258. The number of rotatable bonds is 5. The first-order valence-electron chi connectivity index (χ1n) is 9.47. The summed E-state index contributed by atoms with van der Waals surface area (Å²) in [7, 11) is 3.10. The van der Waals surface area contributed by atoms with E-state index < -0.39 is 0 Å². The van der Waals surface area contributed by atoms with Gasteiger partial charge in [0.2, 0.25) is 0 Å². The molecule has 0 spiro atoms. The molecule has 6 heteroatoms. The van der Waals surface area contributed by atoms with Crippen molar-refractivity contribution in [2.24, 2.45) is 0 Å². The Morgan fingerprint density at radius 3 is 2.59 bits per heavy atom. The molecule has 1 aliphatic rings. The normalized spacial score (nSPS) is 15.0. The lowest BCUT2D eigenvalue weighted by Crippen LogP contribution is -2.24. The number of pyridine rings is 1. The van der Waals surface area contributed by atoms with E-state index in [9.17, 15) is 4.79 Å². The summed E-state index contributed by atoms with van der Waals surface area (Å²) in [4.78, 5) is 19.3. The fourth-order valence-electron chi connectivity index (χ4n) is 3.73. The molecule has 148 valence electrons. The van der Waals surface area contributed by atoms with Crippen molar-refractivity contribution in [1.82, 2.24) is 4.98 Å². The van der Waals surface area contributed by atoms with Gasteiger partial charge in [-0.05, 0) is 55.3 Å². The molecular formula is C23H23N3O3. The van der Waals surface area contributed by atoms with Gasteiger partial charge in [-0.2, -0.15) is 0 Å². The van der Waals surface area contributed by atoms with Crippen LogP contribution in [0.25, 0.3) is 0 Å². The highest BCUT2D eigenvalue weighted by atomic mass is 16.5. The molecular weight excluding hydrogens is 366 g/mol. The second-order valence-electron chi connectivity index (χ2n) is 6.98. The number of methoxy groups -OCH3 is 2. The standard InChI is InChI=1S/C23H23N3O3/c1-15-12-16-6-4-5-7-19(16)26(15)18-9-11-22(24-14-18)25-23(27)17-8-10-20(28-2)21(13-17)29-3/h4-11,13-15H,12H2,1-3H3,(H,24,25,27). The van der Waals surface area contributed by atoms with Crippen LogP contribution in [0.5, 0.6) is 11.5 Å². The number of fused-ring (bicyclic) bond motifs is 1. The maximum absolute atomic E-state index is 12.6. The zero-order chi connectivity index (χ0) is 20.4. The van der Waals surface area contributed by atoms with Gasteiger partial charge in [0.25, 0.3) is 5.91 Å². The van der Waals surface area contributed by atoms with Crippen LogP contribution in [0, 0.1) is 0 Å². The first-order chi connectivity index (χ1) is 14.1. The van der Waals surface area contributed by atoms with Crippen molar-refractivity contribution in [1.29, 1.82) is 0 Å². The second kappa shape index (κ2) is 7.83. The quantitative estimate of drug-likeness (QED) is 0.699. The fraction of sp³-hybridized carbons (Fsp3) is 0.217. The number of ether oxygens (including phenoxy) is 2. The fourth-order valence-corrected chi connectivity index (χ4v) is 3.73. The van der Waals surface area contributed by atoms with Crippen LogP contribution in [0.1, 0.15) is 22.8 Å². The minimum atomic E-state index is -0.258. The Hall–Kier alpha value is -3.54. The van der Waals surface area contributed by atoms with Crippen LogP contribution in [0.15, 0.2) is 60.8 Å². The lowest BCUT2D eigenvalue weighted by molar-refractivity contribution is 0.102. The van der Waals surface area contributed by atoms with E-state index in [2.05, 4.69) is 46.4 Å². The number of hydrogen-bond acceptors (Lipinski definition) is 5. The summed E-state index contributed by atoms with van der Waals surface area (Å²) in [6, 6.07) is 17.6. The summed E-state index contributed by atoms with van der Waals surface area (Å²) < 4.78 is 10.5. The smallest absolute Gasteiger partial charge is 0.256 e. The number of aromatic nitrogens is 1. The zero-order valence-electron chi connectivity index (χ0n) is 16.7. The van der Waals surface area contributed by atoms with E-state index in [-0.39, 0.29) is 5.91 Å². The zero-order valence-corrected chi connectivity index (χ0v) is 16.7. The van der Waals surface area contributed by atoms with Gasteiger partial charge >= 0.3 is 0 Å². The molecule has 0 fully saturated rings. The lowest BCUT2D eigenvalue weighted by Gasteiger charge is -2.24. The molecule has 0 saturated heterocycles. The number of amides is 1. The molecule has 1 aromatic heterocycles. The molecule has 1 amide bonds. The molecule has 6 nitrogen and oxygen atoms in total. The molecule has 2 heterocycles. The van der Waals surface area contributed by atoms with E-state index in [1.54, 1.807) is 31.5 Å². The van der Waals surface area contributed by atoms with E-state index in [0.29, 0.717) is 28.9 Å². The summed E-state index contributed by atoms with van der Waals surface area (Å²) in [6.07, 6.45) is 2.80. The Kier molecular flexibility index (Phi) is 5.08. The van der Waals surface area contributed by atoms with Crippen molar-refractivity contribution in [3.05, 3.63) is 71.9 Å². The van der Waals surface area contributed by atoms with Crippen molar-refractivity contribution >= 4 is 23.1 Å². The van der Waals surface area contributed by atoms with E-state index >= 15 is 0 Å². The number of anilines is 3. The highest BCUT2D eigenvalue weighted by molar-refractivity contribution is 6.04. The number of benzene rings is 2. The van der Waals surface area contributed by atoms with Gasteiger partial charge in [0.1, 0.15) is 5.82 Å². The lowest BCUT2D eigenvalue weighted by atomic mass is 10.1. The molecule has 0 radical (unpaired) electrons. The molecule has 4 rings (SSSR count). The maximum atomic E-state index is 12.6. The number of hydrogen-bond donors (Lipinski definition) is 1. The van der Waals surface area contributed by atoms with Crippen LogP contribution in [0.2, 0.25) is 0 Å². The monoisotopic (exact) mass is 389 g/mol. The molecule has 1 N–H and O–H groups in total. The summed E-state index contributed by atoms with van der Waals surface area (Å²) in [5.41, 5.74) is 4.02. The van der Waals surface area contributed by atoms with E-state index in [1.807, 2.05) is 12.1 Å². The van der Waals surface area contributed by atoms with E-state index in [0.717, 1.165) is 12.1 Å². The van der Waals surface area contributed by atoms with Crippen LogP contribution in [-0.2, 0) is 6.42 Å². The highest BCUT2D eigenvalue weighted by Gasteiger charge is 2.26. The van der Waals surface area contributed by atoms with Gasteiger partial charge in [0.05, 0.1) is 26.1 Å². The van der Waals surface area contributed by atoms with Gasteiger partial charge in [0, 0.05) is 17.3 Å². The molecule has 1 unspecified atom stereocenters. The number of para-hydroxylation sites is 1. The predicted molar refractivity (Wildman–Crippen MR) is 113 cm³/mol. The summed E-state index contributed by atoms with van der Waals surface area (Å²) in [5, 5.41) is 2.83. The Morgan fingerprint density at radius 1 is 1.07 bits per heavy atom. The van der Waals surface area contributed by atoms with E-state index in [1.165, 1.54) is 18.4 Å². The van der Waals surface area contributed by atoms with Crippen molar-refractivity contribution in [2.75, 3.05) is 24.4 Å². The molecule has 29 heavy (non-hydrogen) atoms. The van der Waals surface area contributed by atoms with Gasteiger partial charge < -0.3 is 19.7 Å². The molecule has 0 bridgehead atoms. The van der Waals surface area contributed by atoms with Gasteiger partial charge in [-0.1, -0.05) is 18.2 Å². The van der Waals surface area contributed by atoms with Gasteiger partial charge in [-0.25, -0.2) is 4.98 Å². The van der Waals surface area contributed by atoms with Crippen molar-refractivity contribution in [2.45, 2.75) is 19.4 Å². The molecule has 2 aromatic carbocycles. The minimum Gasteiger partial charge on any atom is -0.493 e. The van der Waals surface area contributed by atoms with Gasteiger partial charge in [-0.15, -0.1) is 0 Å². The van der Waals surface area contributed by atoms with Gasteiger partial charge in [-0.3, -0.25) is 4.79 Å². The number of carbonyl (C=O) groups excluding carboxylic acids is 1. The van der Waals surface area contributed by atoms with Crippen LogP contribution in [0.4, 0.5) is 17.2 Å². The third-order valence-electron chi connectivity index (χ3n) is 5.12. The SMILES string of the molecule is COc1ccc(C(=O)Nc2ccc(N3c4ccccc4CC3C)cn2)cc1OC. The second-order valence-corrected chi connectivity index (χ2v) is 6.98. The largest absolute Gasteiger partial charge is 0.493 e. The Labute approximate surface area is 170 Å². The highest BCUT2D eigenvalue weighted by Crippen LogP contribution is 2.37. The van der Waals surface area contributed by atoms with Crippen LogP contribution in [-0.4, -0.2) is 31.2 Å².